The second-order valence-electron chi connectivity index (χ2n) is 13.1. The summed E-state index contributed by atoms with van der Waals surface area (Å²) in [7, 11) is 8.37. The fraction of sp³-hybridized carbons (Fsp3) is 0. The van der Waals surface area contributed by atoms with E-state index in [2.05, 4.69) is 273 Å². The van der Waals surface area contributed by atoms with Gasteiger partial charge in [-0.3, -0.25) is 0 Å². The summed E-state index contributed by atoms with van der Waals surface area (Å²) in [5.74, 6) is 0. The molecule has 0 aromatic heterocycles. The van der Waals surface area contributed by atoms with Gasteiger partial charge in [0.15, 0.2) is 0 Å². The number of halogens is 2. The zero-order valence-electron chi connectivity index (χ0n) is 33.3. The van der Waals surface area contributed by atoms with Crippen molar-refractivity contribution >= 4 is 90.9 Å². The Morgan fingerprint density at radius 3 is 0.361 bits per heavy atom. The molecule has 0 N–H and O–H groups in total. The Labute approximate surface area is 412 Å². The third kappa shape index (κ3) is 15.5. The zero-order valence-corrected chi connectivity index (χ0v) is 39.9. The molecule has 306 valence electrons. The Balaban J connectivity index is 0.000000166. The molecule has 0 amide bonds. The van der Waals surface area contributed by atoms with Gasteiger partial charge in [0.05, 0.1) is 0 Å². The Kier molecular flexibility index (Phi) is 22.7. The van der Waals surface area contributed by atoms with Gasteiger partial charge in [-0.25, -0.2) is 0 Å². The van der Waals surface area contributed by atoms with E-state index in [1.54, 1.807) is 0 Å². The van der Waals surface area contributed by atoms with Crippen LogP contribution in [-0.4, -0.2) is 0 Å². The molecule has 0 saturated heterocycles. The van der Waals surface area contributed by atoms with Crippen LogP contribution in [0.5, 0.6) is 0 Å². The van der Waals surface area contributed by atoms with Crippen LogP contribution in [0.3, 0.4) is 0 Å². The smallest absolute Gasteiger partial charge is 0.0134 e. The molecule has 0 nitrogen and oxygen atoms in total. The fourth-order valence-electron chi connectivity index (χ4n) is 6.54. The molecule has 0 unspecified atom stereocenters. The van der Waals surface area contributed by atoms with Crippen molar-refractivity contribution in [3.63, 3.8) is 0 Å². The van der Waals surface area contributed by atoms with Gasteiger partial charge in [0.2, 0.25) is 0 Å². The largest absolute Gasteiger partial charge is 0.0622 e. The van der Waals surface area contributed by atoms with Crippen molar-refractivity contribution < 1.29 is 52.9 Å². The number of rotatable bonds is 9. The Morgan fingerprint density at radius 1 is 0.197 bits per heavy atom. The van der Waals surface area contributed by atoms with Gasteiger partial charge < -0.3 is 0 Å². The number of benzene rings is 9. The molecule has 0 aliphatic heterocycles. The van der Waals surface area contributed by atoms with Crippen LogP contribution in [-0.2, 0) is 15.1 Å². The molecule has 0 bridgehead atoms. The van der Waals surface area contributed by atoms with Gasteiger partial charge in [0.25, 0.3) is 0 Å². The maximum Gasteiger partial charge on any atom is -0.0134 e. The van der Waals surface area contributed by atoms with Crippen molar-refractivity contribution in [3.05, 3.63) is 273 Å². The average molecular weight is 999 g/mol. The maximum absolute atomic E-state index is 4.85. The quantitative estimate of drug-likeness (QED) is 0.0999. The molecule has 0 saturated carbocycles. The average Bonchev–Trinajstić information content (AvgIpc) is 3.33. The van der Waals surface area contributed by atoms with Gasteiger partial charge in [-0.2, -0.15) is 0 Å². The van der Waals surface area contributed by atoms with Gasteiger partial charge in [-0.1, -0.05) is 273 Å². The predicted molar refractivity (Wildman–Crippen MR) is 267 cm³/mol. The summed E-state index contributed by atoms with van der Waals surface area (Å²) >= 11 is -0.346. The summed E-state index contributed by atoms with van der Waals surface area (Å²) in [6, 6.07) is 97.0. The predicted octanol–water partition coefficient (Wildman–Crippen LogP) is 11.7. The van der Waals surface area contributed by atoms with Crippen molar-refractivity contribution in [1.82, 2.24) is 0 Å². The summed E-state index contributed by atoms with van der Waals surface area (Å²) in [4.78, 5) is 0. The molecule has 9 rings (SSSR count). The van der Waals surface area contributed by atoms with Crippen molar-refractivity contribution in [2.75, 3.05) is 0 Å². The Hall–Kier alpha value is -3.27. The molecule has 9 aromatic rings. The van der Waals surface area contributed by atoms with Crippen molar-refractivity contribution in [3.8, 4) is 0 Å². The van der Waals surface area contributed by atoms with E-state index in [4.69, 9.17) is 19.4 Å². The molecule has 9 aromatic carbocycles. The summed E-state index contributed by atoms with van der Waals surface area (Å²) in [6.07, 6.45) is 0. The minimum absolute atomic E-state index is 0. The van der Waals surface area contributed by atoms with E-state index in [1.807, 2.05) is 0 Å². The molecule has 0 aliphatic carbocycles. The Morgan fingerprint density at radius 2 is 0.279 bits per heavy atom. The van der Waals surface area contributed by atoms with E-state index in [9.17, 15) is 0 Å². The molecule has 0 heterocycles. The second kappa shape index (κ2) is 28.4. The van der Waals surface area contributed by atoms with Gasteiger partial charge in [0, 0.05) is 37.7 Å². The summed E-state index contributed by atoms with van der Waals surface area (Å²) < 4.78 is 0. The van der Waals surface area contributed by atoms with Gasteiger partial charge >= 0.3 is 34.5 Å². The van der Waals surface area contributed by atoms with Crippen molar-refractivity contribution in [2.24, 2.45) is 0 Å². The first kappa shape index (κ1) is 48.8. The molecule has 0 atom stereocenters. The third-order valence-electron chi connectivity index (χ3n) is 9.13. The molecular formula is C54H45ArCl2P3Ru. The maximum atomic E-state index is 4.85. The van der Waals surface area contributed by atoms with E-state index >= 15 is 0 Å². The van der Waals surface area contributed by atoms with E-state index in [0.717, 1.165) is 0 Å². The monoisotopic (exact) mass is 998 g/mol. The minimum Gasteiger partial charge on any atom is -0.0622 e. The molecule has 0 spiro atoms. The Bertz CT molecular complexity index is 1900. The van der Waals surface area contributed by atoms with Crippen LogP contribution in [0.4, 0.5) is 0 Å². The van der Waals surface area contributed by atoms with Crippen molar-refractivity contribution in [2.45, 2.75) is 0 Å². The fourth-order valence-corrected chi connectivity index (χ4v) is 13.5. The van der Waals surface area contributed by atoms with Crippen LogP contribution in [0.1, 0.15) is 0 Å². The molecule has 61 heavy (non-hydrogen) atoms. The SMILES string of the molecule is [Ar].[Cl][Ru][Cl].c1ccc(P(c2ccccc2)c2ccccc2)cc1.c1ccc(P(c2ccccc2)c2ccccc2)cc1.c1ccc(P(c2ccccc2)c2ccccc2)cc1. The van der Waals surface area contributed by atoms with Crippen LogP contribution >= 0.6 is 43.1 Å². The van der Waals surface area contributed by atoms with Gasteiger partial charge in [-0.15, -0.1) is 0 Å². The standard InChI is InChI=1S/3C18H15P.Ar.2ClH.Ru/c3*1-4-10-16(11-5-1)19(17-12-6-2-7-13-17)18-14-8-3-9-15-18;;;;/h3*1-15H;;2*1H;/q;;;;;;+2/p-2. The molecule has 0 radical (unpaired) electrons. The molecule has 0 fully saturated rings. The first-order valence-electron chi connectivity index (χ1n) is 19.5. The number of hydrogen-bond donors (Lipinski definition) is 0. The van der Waals surface area contributed by atoms with E-state index in [-0.39, 0.29) is 52.9 Å². The van der Waals surface area contributed by atoms with Crippen LogP contribution in [0.25, 0.3) is 0 Å². The van der Waals surface area contributed by atoms with E-state index in [0.29, 0.717) is 0 Å². The molecular weight excluding hydrogens is 953 g/mol. The number of hydrogen-bond acceptors (Lipinski definition) is 0. The van der Waals surface area contributed by atoms with Crippen LogP contribution in [0.2, 0.25) is 0 Å². The summed E-state index contributed by atoms with van der Waals surface area (Å²) in [6.45, 7) is 0. The van der Waals surface area contributed by atoms with Crippen LogP contribution in [0.15, 0.2) is 273 Å². The van der Waals surface area contributed by atoms with E-state index in [1.165, 1.54) is 47.7 Å². The van der Waals surface area contributed by atoms with Gasteiger partial charge in [-0.05, 0) is 71.5 Å². The second-order valence-corrected chi connectivity index (χ2v) is 22.4. The normalized spacial score (nSPS) is 10.2. The van der Waals surface area contributed by atoms with Gasteiger partial charge in [0.1, 0.15) is 0 Å². The third-order valence-corrected chi connectivity index (χ3v) is 16.5. The molecule has 0 aliphatic rings. The molecule has 7 heteroatoms. The first-order valence-corrected chi connectivity index (χ1v) is 28.0. The topological polar surface area (TPSA) is 0 Å². The zero-order chi connectivity index (χ0) is 41.5. The van der Waals surface area contributed by atoms with Crippen LogP contribution < -0.4 is 47.7 Å². The minimum atomic E-state index is -0.446. The van der Waals surface area contributed by atoms with Crippen LogP contribution in [0, 0.1) is 37.7 Å². The first-order chi connectivity index (χ1) is 29.8. The summed E-state index contributed by atoms with van der Waals surface area (Å²) in [5, 5.41) is 12.6. The summed E-state index contributed by atoms with van der Waals surface area (Å²) in [5.41, 5.74) is 0. The van der Waals surface area contributed by atoms with E-state index < -0.39 is 23.8 Å². The van der Waals surface area contributed by atoms with Crippen molar-refractivity contribution in [1.29, 1.82) is 0 Å².